The first-order chi connectivity index (χ1) is 15.5. The van der Waals surface area contributed by atoms with Gasteiger partial charge in [-0.3, -0.25) is 0 Å². The number of ether oxygens (including phenoxy) is 1. The van der Waals surface area contributed by atoms with Crippen molar-refractivity contribution in [2.75, 3.05) is 6.61 Å². The Morgan fingerprint density at radius 2 is 1.34 bits per heavy atom. The van der Waals surface area contributed by atoms with Gasteiger partial charge in [-0.2, -0.15) is 0 Å². The van der Waals surface area contributed by atoms with Gasteiger partial charge in [-0.05, 0) is 92.7 Å². The van der Waals surface area contributed by atoms with Gasteiger partial charge in [0.15, 0.2) is 11.6 Å². The number of benzene rings is 1. The predicted molar refractivity (Wildman–Crippen MR) is 123 cm³/mol. The summed E-state index contributed by atoms with van der Waals surface area (Å²) in [4.78, 5) is 0. The maximum atomic E-state index is 15.0. The lowest BCUT2D eigenvalue weighted by Crippen LogP contribution is -2.25. The molecule has 3 aliphatic rings. The second kappa shape index (κ2) is 10.8. The summed E-state index contributed by atoms with van der Waals surface area (Å²) < 4.78 is 50.1. The lowest BCUT2D eigenvalue weighted by Gasteiger charge is -2.31. The van der Waals surface area contributed by atoms with Crippen LogP contribution >= 0.6 is 0 Å². The molecule has 3 aliphatic carbocycles. The van der Waals surface area contributed by atoms with E-state index in [2.05, 4.69) is 6.92 Å². The quantitative estimate of drug-likeness (QED) is 0.423. The third-order valence-corrected chi connectivity index (χ3v) is 8.42. The number of hydrogen-bond donors (Lipinski definition) is 0. The molecule has 0 N–H and O–H groups in total. The van der Waals surface area contributed by atoms with E-state index in [4.69, 9.17) is 4.74 Å². The zero-order valence-electron chi connectivity index (χ0n) is 19.7. The van der Waals surface area contributed by atoms with Gasteiger partial charge in [0.1, 0.15) is 0 Å². The molecule has 0 aliphatic heterocycles. The van der Waals surface area contributed by atoms with E-state index in [0.717, 1.165) is 70.6 Å². The summed E-state index contributed by atoms with van der Waals surface area (Å²) >= 11 is 0. The lowest BCUT2D eigenvalue weighted by atomic mass is 9.77. The molecule has 0 amide bonds. The van der Waals surface area contributed by atoms with Crippen LogP contribution in [0, 0.1) is 29.4 Å². The molecule has 1 aromatic carbocycles. The monoisotopic (exact) mass is 448 g/mol. The Bertz CT molecular complexity index is 788. The molecular weight excluding hydrogens is 409 g/mol. The highest BCUT2D eigenvalue weighted by molar-refractivity contribution is 5.32. The molecule has 1 aromatic rings. The lowest BCUT2D eigenvalue weighted by molar-refractivity contribution is 0.00815. The fourth-order valence-electron chi connectivity index (χ4n) is 6.11. The Labute approximate surface area is 191 Å². The second-order valence-corrected chi connectivity index (χ2v) is 10.6. The van der Waals surface area contributed by atoms with Gasteiger partial charge in [0.25, 0.3) is 0 Å². The fourth-order valence-corrected chi connectivity index (χ4v) is 6.11. The molecule has 0 bridgehead atoms. The smallest absolute Gasteiger partial charge is 0.162 e. The standard InChI is InChI=1S/C28H39F3O/c1-3-20-9-6-19(16-26(20)29)17-32-23-12-10-22(11-13-23)25-15-14-24(27(30)28(25)31)21-7-4-18(2)5-8-21/h14-16,18-23H,3-13,17H2,1-2H3. The molecular formula is C28H39F3O. The minimum atomic E-state index is -0.626. The van der Waals surface area contributed by atoms with Crippen molar-refractivity contribution in [3.63, 3.8) is 0 Å². The topological polar surface area (TPSA) is 9.23 Å². The Morgan fingerprint density at radius 3 is 1.88 bits per heavy atom. The maximum Gasteiger partial charge on any atom is 0.162 e. The van der Waals surface area contributed by atoms with E-state index >= 15 is 4.39 Å². The van der Waals surface area contributed by atoms with E-state index in [9.17, 15) is 8.78 Å². The van der Waals surface area contributed by atoms with Crippen LogP contribution < -0.4 is 0 Å². The van der Waals surface area contributed by atoms with Crippen LogP contribution in [0.3, 0.4) is 0 Å². The van der Waals surface area contributed by atoms with Crippen molar-refractivity contribution in [1.29, 1.82) is 0 Å². The first-order valence-electron chi connectivity index (χ1n) is 12.9. The van der Waals surface area contributed by atoms with E-state index in [-0.39, 0.29) is 35.6 Å². The van der Waals surface area contributed by atoms with Crippen molar-refractivity contribution < 1.29 is 17.9 Å². The van der Waals surface area contributed by atoms with Crippen LogP contribution in [-0.2, 0) is 4.74 Å². The number of rotatable bonds is 6. The highest BCUT2D eigenvalue weighted by Gasteiger charge is 2.30. The minimum Gasteiger partial charge on any atom is -0.378 e. The molecule has 2 atom stereocenters. The molecule has 2 fully saturated rings. The van der Waals surface area contributed by atoms with E-state index in [1.165, 1.54) is 0 Å². The molecule has 178 valence electrons. The summed E-state index contributed by atoms with van der Waals surface area (Å²) in [6, 6.07) is 3.70. The van der Waals surface area contributed by atoms with Crippen LogP contribution in [0.4, 0.5) is 13.2 Å². The van der Waals surface area contributed by atoms with Crippen molar-refractivity contribution in [2.24, 2.45) is 17.8 Å². The van der Waals surface area contributed by atoms with Gasteiger partial charge in [0.05, 0.1) is 18.5 Å². The van der Waals surface area contributed by atoms with Crippen LogP contribution in [0.25, 0.3) is 0 Å². The largest absolute Gasteiger partial charge is 0.378 e. The normalized spacial score (nSPS) is 33.7. The average molecular weight is 449 g/mol. The molecule has 2 unspecified atom stereocenters. The number of allylic oxidation sites excluding steroid dienone is 1. The summed E-state index contributed by atoms with van der Waals surface area (Å²) in [5, 5.41) is 0. The van der Waals surface area contributed by atoms with Crippen LogP contribution in [-0.4, -0.2) is 12.7 Å². The van der Waals surface area contributed by atoms with Crippen LogP contribution in [0.5, 0.6) is 0 Å². The zero-order chi connectivity index (χ0) is 22.7. The van der Waals surface area contributed by atoms with Crippen molar-refractivity contribution >= 4 is 0 Å². The van der Waals surface area contributed by atoms with Gasteiger partial charge in [0.2, 0.25) is 0 Å². The molecule has 2 saturated carbocycles. The molecule has 0 saturated heterocycles. The highest BCUT2D eigenvalue weighted by atomic mass is 19.2. The summed E-state index contributed by atoms with van der Waals surface area (Å²) in [6.45, 7) is 4.84. The molecule has 1 nitrogen and oxygen atoms in total. The van der Waals surface area contributed by atoms with Gasteiger partial charge < -0.3 is 4.74 Å². The van der Waals surface area contributed by atoms with Gasteiger partial charge in [0, 0.05) is 11.8 Å². The third kappa shape index (κ3) is 5.43. The molecule has 4 rings (SSSR count). The van der Waals surface area contributed by atoms with Gasteiger partial charge in [-0.25, -0.2) is 13.2 Å². The molecule has 0 aromatic heterocycles. The van der Waals surface area contributed by atoms with E-state index in [1.54, 1.807) is 6.08 Å². The van der Waals surface area contributed by atoms with E-state index in [0.29, 0.717) is 23.7 Å². The van der Waals surface area contributed by atoms with Crippen molar-refractivity contribution in [3.05, 3.63) is 46.8 Å². The van der Waals surface area contributed by atoms with Crippen LogP contribution in [0.1, 0.15) is 107 Å². The Balaban J connectivity index is 1.29. The van der Waals surface area contributed by atoms with Crippen molar-refractivity contribution in [1.82, 2.24) is 0 Å². The SMILES string of the molecule is CCC1CCC(COC2CCC(c3ccc(C4CCC(C)CC4)c(F)c3F)CC2)C=C1F. The number of halogens is 3. The van der Waals surface area contributed by atoms with E-state index in [1.807, 2.05) is 19.1 Å². The van der Waals surface area contributed by atoms with E-state index < -0.39 is 11.6 Å². The van der Waals surface area contributed by atoms with Gasteiger partial charge in [-0.1, -0.05) is 38.8 Å². The molecule has 32 heavy (non-hydrogen) atoms. The fraction of sp³-hybridized carbons (Fsp3) is 0.714. The average Bonchev–Trinajstić information content (AvgIpc) is 2.81. The molecule has 0 spiro atoms. The number of hydrogen-bond acceptors (Lipinski definition) is 1. The molecule has 0 radical (unpaired) electrons. The van der Waals surface area contributed by atoms with Gasteiger partial charge in [-0.15, -0.1) is 0 Å². The van der Waals surface area contributed by atoms with Crippen molar-refractivity contribution in [3.8, 4) is 0 Å². The second-order valence-electron chi connectivity index (χ2n) is 10.6. The van der Waals surface area contributed by atoms with Gasteiger partial charge >= 0.3 is 0 Å². The third-order valence-electron chi connectivity index (χ3n) is 8.42. The maximum absolute atomic E-state index is 15.0. The Morgan fingerprint density at radius 1 is 0.781 bits per heavy atom. The highest BCUT2D eigenvalue weighted by Crippen LogP contribution is 2.41. The summed E-state index contributed by atoms with van der Waals surface area (Å²) in [5.41, 5.74) is 1.12. The first-order valence-corrected chi connectivity index (χ1v) is 12.9. The van der Waals surface area contributed by atoms with Crippen molar-refractivity contribution in [2.45, 2.75) is 102 Å². The Hall–Kier alpha value is -1.29. The summed E-state index contributed by atoms with van der Waals surface area (Å²) in [7, 11) is 0. The predicted octanol–water partition coefficient (Wildman–Crippen LogP) is 8.59. The zero-order valence-corrected chi connectivity index (χ0v) is 19.7. The van der Waals surface area contributed by atoms with Crippen LogP contribution in [0.15, 0.2) is 24.0 Å². The Kier molecular flexibility index (Phi) is 8.02. The summed E-state index contributed by atoms with van der Waals surface area (Å²) in [6.07, 6.45) is 12.1. The molecule has 4 heteroatoms. The summed E-state index contributed by atoms with van der Waals surface area (Å²) in [5.74, 6) is -0.0533. The minimum absolute atomic E-state index is 0.0275. The van der Waals surface area contributed by atoms with Crippen LogP contribution in [0.2, 0.25) is 0 Å². The molecule has 0 heterocycles. The first kappa shape index (κ1) is 23.9.